The number of allylic oxidation sites excluding steroid dienone is 2. The predicted molar refractivity (Wildman–Crippen MR) is 53.4 cm³/mol. The van der Waals surface area contributed by atoms with Crippen LogP contribution in [0.15, 0.2) is 11.6 Å². The largest absolute Gasteiger partial charge is 0.295 e. The number of fused-ring (bicyclic) bond motifs is 1. The van der Waals surface area contributed by atoms with Gasteiger partial charge in [0.05, 0.1) is 0 Å². The van der Waals surface area contributed by atoms with Crippen molar-refractivity contribution in [3.63, 3.8) is 0 Å². The van der Waals surface area contributed by atoms with Gasteiger partial charge in [0.2, 0.25) is 0 Å². The Bertz CT molecular complexity index is 240. The van der Waals surface area contributed by atoms with Crippen LogP contribution in [-0.2, 0) is 4.79 Å². The van der Waals surface area contributed by atoms with E-state index in [1.165, 1.54) is 37.7 Å². The summed E-state index contributed by atoms with van der Waals surface area (Å²) in [6, 6.07) is 0. The highest BCUT2D eigenvalue weighted by atomic mass is 16.1. The summed E-state index contributed by atoms with van der Waals surface area (Å²) in [6.45, 7) is 2.13. The molecule has 0 heterocycles. The first-order valence-electron chi connectivity index (χ1n) is 5.51. The Hall–Kier alpha value is -0.590. The maximum atomic E-state index is 11.6. The average molecular weight is 178 g/mol. The Balaban J connectivity index is 2.11. The molecule has 2 rings (SSSR count). The summed E-state index contributed by atoms with van der Waals surface area (Å²) in [4.78, 5) is 11.6. The number of hydrogen-bond acceptors (Lipinski definition) is 1. The standard InChI is InChI=1S/C12H18O/c1-9-8-12(13)11-7-5-3-2-4-6-10(9)11/h8,10-11H,2-7H2,1H3/t10-,11-/m0/s1. The van der Waals surface area contributed by atoms with Gasteiger partial charge >= 0.3 is 0 Å². The molecule has 2 atom stereocenters. The number of ketones is 1. The SMILES string of the molecule is CC1=CC(=O)[C@H]2CCCCCC[C@@H]12. The van der Waals surface area contributed by atoms with E-state index in [1.54, 1.807) is 0 Å². The van der Waals surface area contributed by atoms with Crippen molar-refractivity contribution < 1.29 is 4.79 Å². The summed E-state index contributed by atoms with van der Waals surface area (Å²) in [7, 11) is 0. The van der Waals surface area contributed by atoms with Gasteiger partial charge in [-0.05, 0) is 31.8 Å². The fourth-order valence-electron chi connectivity index (χ4n) is 2.81. The van der Waals surface area contributed by atoms with E-state index in [4.69, 9.17) is 0 Å². The van der Waals surface area contributed by atoms with Crippen molar-refractivity contribution in [1.29, 1.82) is 0 Å². The fraction of sp³-hybridized carbons (Fsp3) is 0.750. The molecule has 2 aliphatic rings. The molecule has 0 aliphatic heterocycles. The monoisotopic (exact) mass is 178 g/mol. The van der Waals surface area contributed by atoms with Crippen LogP contribution in [-0.4, -0.2) is 5.78 Å². The molecular weight excluding hydrogens is 160 g/mol. The Labute approximate surface area is 80.2 Å². The Morgan fingerprint density at radius 3 is 2.38 bits per heavy atom. The van der Waals surface area contributed by atoms with Gasteiger partial charge in [0.25, 0.3) is 0 Å². The predicted octanol–water partition coefficient (Wildman–Crippen LogP) is 3.10. The van der Waals surface area contributed by atoms with E-state index >= 15 is 0 Å². The molecule has 0 unspecified atom stereocenters. The zero-order chi connectivity index (χ0) is 9.26. The van der Waals surface area contributed by atoms with E-state index in [2.05, 4.69) is 6.92 Å². The molecule has 0 aromatic carbocycles. The molecule has 0 radical (unpaired) electrons. The minimum absolute atomic E-state index is 0.361. The van der Waals surface area contributed by atoms with Crippen LogP contribution in [0.4, 0.5) is 0 Å². The van der Waals surface area contributed by atoms with Crippen molar-refractivity contribution in [3.05, 3.63) is 11.6 Å². The molecule has 0 aromatic rings. The molecule has 0 bridgehead atoms. The van der Waals surface area contributed by atoms with E-state index in [9.17, 15) is 4.79 Å². The molecule has 1 nitrogen and oxygen atoms in total. The van der Waals surface area contributed by atoms with E-state index in [-0.39, 0.29) is 0 Å². The highest BCUT2D eigenvalue weighted by Gasteiger charge is 2.33. The Morgan fingerprint density at radius 2 is 1.69 bits per heavy atom. The van der Waals surface area contributed by atoms with Crippen molar-refractivity contribution in [2.24, 2.45) is 11.8 Å². The molecule has 0 N–H and O–H groups in total. The number of carbonyl (C=O) groups is 1. The highest BCUT2D eigenvalue weighted by molar-refractivity contribution is 5.95. The van der Waals surface area contributed by atoms with Crippen molar-refractivity contribution in [2.45, 2.75) is 45.4 Å². The summed E-state index contributed by atoms with van der Waals surface area (Å²) in [5.41, 5.74) is 1.34. The van der Waals surface area contributed by atoms with E-state index in [1.807, 2.05) is 6.08 Å². The molecule has 2 aliphatic carbocycles. The maximum absolute atomic E-state index is 11.6. The number of rotatable bonds is 0. The minimum atomic E-state index is 0.361. The fourth-order valence-corrected chi connectivity index (χ4v) is 2.81. The molecule has 13 heavy (non-hydrogen) atoms. The quantitative estimate of drug-likeness (QED) is 0.557. The first-order valence-corrected chi connectivity index (χ1v) is 5.51. The van der Waals surface area contributed by atoms with Gasteiger partial charge in [0.1, 0.15) is 0 Å². The molecule has 0 aromatic heterocycles. The van der Waals surface area contributed by atoms with Crippen molar-refractivity contribution >= 4 is 5.78 Å². The Morgan fingerprint density at radius 1 is 1.08 bits per heavy atom. The van der Waals surface area contributed by atoms with Crippen LogP contribution in [0.5, 0.6) is 0 Å². The zero-order valence-electron chi connectivity index (χ0n) is 8.38. The van der Waals surface area contributed by atoms with Gasteiger partial charge in [0.15, 0.2) is 5.78 Å². The van der Waals surface area contributed by atoms with Gasteiger partial charge in [-0.2, -0.15) is 0 Å². The third-order valence-electron chi connectivity index (χ3n) is 3.59. The van der Waals surface area contributed by atoms with E-state index in [0.717, 1.165) is 6.42 Å². The average Bonchev–Trinajstić information content (AvgIpc) is 2.25. The summed E-state index contributed by atoms with van der Waals surface area (Å²) in [6.07, 6.45) is 9.55. The first-order chi connectivity index (χ1) is 6.29. The lowest BCUT2D eigenvalue weighted by Gasteiger charge is -2.22. The molecule has 1 saturated carbocycles. The normalized spacial score (nSPS) is 34.8. The van der Waals surface area contributed by atoms with Gasteiger partial charge in [-0.3, -0.25) is 4.79 Å². The molecule has 0 spiro atoms. The molecule has 1 fully saturated rings. The molecular formula is C12H18O. The van der Waals surface area contributed by atoms with Crippen LogP contribution in [0.1, 0.15) is 45.4 Å². The van der Waals surface area contributed by atoms with Crippen LogP contribution in [0.2, 0.25) is 0 Å². The van der Waals surface area contributed by atoms with Gasteiger partial charge < -0.3 is 0 Å². The lowest BCUT2D eigenvalue weighted by molar-refractivity contribution is -0.118. The summed E-state index contributed by atoms with van der Waals surface area (Å²) in [5, 5.41) is 0. The molecule has 1 heteroatoms. The van der Waals surface area contributed by atoms with Crippen LogP contribution >= 0.6 is 0 Å². The third-order valence-corrected chi connectivity index (χ3v) is 3.59. The zero-order valence-corrected chi connectivity index (χ0v) is 8.38. The molecule has 72 valence electrons. The van der Waals surface area contributed by atoms with Gasteiger partial charge in [-0.1, -0.05) is 31.3 Å². The topological polar surface area (TPSA) is 17.1 Å². The van der Waals surface area contributed by atoms with E-state index < -0.39 is 0 Å². The highest BCUT2D eigenvalue weighted by Crippen LogP contribution is 2.38. The van der Waals surface area contributed by atoms with Gasteiger partial charge in [0, 0.05) is 5.92 Å². The van der Waals surface area contributed by atoms with E-state index in [0.29, 0.717) is 17.6 Å². The van der Waals surface area contributed by atoms with Gasteiger partial charge in [-0.25, -0.2) is 0 Å². The molecule has 0 amide bonds. The second kappa shape index (κ2) is 3.65. The van der Waals surface area contributed by atoms with Crippen LogP contribution in [0, 0.1) is 11.8 Å². The number of carbonyl (C=O) groups excluding carboxylic acids is 1. The van der Waals surface area contributed by atoms with Crippen molar-refractivity contribution in [3.8, 4) is 0 Å². The lowest BCUT2D eigenvalue weighted by Crippen LogP contribution is -2.18. The second-order valence-electron chi connectivity index (χ2n) is 4.50. The summed E-state index contributed by atoms with van der Waals surface area (Å²) >= 11 is 0. The molecule has 0 saturated heterocycles. The van der Waals surface area contributed by atoms with Crippen molar-refractivity contribution in [2.75, 3.05) is 0 Å². The van der Waals surface area contributed by atoms with Crippen LogP contribution in [0.25, 0.3) is 0 Å². The van der Waals surface area contributed by atoms with Crippen LogP contribution < -0.4 is 0 Å². The van der Waals surface area contributed by atoms with Gasteiger partial charge in [-0.15, -0.1) is 0 Å². The van der Waals surface area contributed by atoms with Crippen molar-refractivity contribution in [1.82, 2.24) is 0 Å². The Kier molecular flexibility index (Phi) is 2.52. The first kappa shape index (κ1) is 8.98. The smallest absolute Gasteiger partial charge is 0.159 e. The lowest BCUT2D eigenvalue weighted by atomic mass is 9.81. The summed E-state index contributed by atoms with van der Waals surface area (Å²) < 4.78 is 0. The minimum Gasteiger partial charge on any atom is -0.295 e. The maximum Gasteiger partial charge on any atom is 0.159 e. The van der Waals surface area contributed by atoms with Crippen LogP contribution in [0.3, 0.4) is 0 Å². The second-order valence-corrected chi connectivity index (χ2v) is 4.50. The summed E-state index contributed by atoms with van der Waals surface area (Å²) in [5.74, 6) is 1.37. The third kappa shape index (κ3) is 1.70. The number of hydrogen-bond donors (Lipinski definition) is 0.